The standard InChI is InChI=1S/C28H31ClF4N2O4S/c1-25(30,28(31,32)33)19-5-8-21-22(15-19)34(2)17-23-26(21,16-18-3-6-20(29)7-4-18)9-12-35(23)24(36)27(37)10-13-40(38,39)14-11-27/h3-8,15,23,37H,9-14,16-17H2,1-2H3. The summed E-state index contributed by atoms with van der Waals surface area (Å²) in [4.78, 5) is 17.1. The molecule has 3 heterocycles. The summed E-state index contributed by atoms with van der Waals surface area (Å²) in [6.45, 7) is 1.01. The van der Waals surface area contributed by atoms with Crippen LogP contribution in [-0.4, -0.2) is 73.8 Å². The maximum absolute atomic E-state index is 15.0. The number of anilines is 1. The van der Waals surface area contributed by atoms with E-state index in [1.807, 2.05) is 12.1 Å². The Morgan fingerprint density at radius 1 is 1.07 bits per heavy atom. The molecule has 12 heteroatoms. The fourth-order valence-corrected chi connectivity index (χ4v) is 8.11. The van der Waals surface area contributed by atoms with Crippen LogP contribution in [0.1, 0.15) is 42.9 Å². The summed E-state index contributed by atoms with van der Waals surface area (Å²) >= 11 is 6.09. The highest BCUT2D eigenvalue weighted by atomic mass is 35.5. The number of benzene rings is 2. The van der Waals surface area contributed by atoms with Crippen molar-refractivity contribution < 1.29 is 35.9 Å². The van der Waals surface area contributed by atoms with E-state index in [1.54, 1.807) is 29.0 Å². The molecule has 40 heavy (non-hydrogen) atoms. The molecule has 3 aliphatic rings. The SMILES string of the molecule is CN1CC2N(C(=O)C3(O)CCS(=O)(=O)CC3)CCC2(Cc2ccc(Cl)cc2)c2ccc(C(C)(F)C(F)(F)F)cc21. The van der Waals surface area contributed by atoms with Crippen LogP contribution in [0.5, 0.6) is 0 Å². The molecule has 0 radical (unpaired) electrons. The Bertz CT molecular complexity index is 1420. The van der Waals surface area contributed by atoms with E-state index in [1.165, 1.54) is 12.1 Å². The summed E-state index contributed by atoms with van der Waals surface area (Å²) in [7, 11) is -1.65. The lowest BCUT2D eigenvalue weighted by molar-refractivity contribution is -0.228. The molecule has 0 bridgehead atoms. The quantitative estimate of drug-likeness (QED) is 0.520. The van der Waals surface area contributed by atoms with Crippen molar-refractivity contribution in [1.29, 1.82) is 0 Å². The number of sulfone groups is 1. The molecule has 6 nitrogen and oxygen atoms in total. The zero-order valence-electron chi connectivity index (χ0n) is 22.1. The van der Waals surface area contributed by atoms with Crippen LogP contribution in [0, 0.1) is 0 Å². The molecule has 2 aromatic rings. The monoisotopic (exact) mass is 602 g/mol. The summed E-state index contributed by atoms with van der Waals surface area (Å²) in [5, 5.41) is 11.8. The number of amides is 1. The van der Waals surface area contributed by atoms with E-state index in [2.05, 4.69) is 0 Å². The van der Waals surface area contributed by atoms with Gasteiger partial charge in [0.1, 0.15) is 5.60 Å². The lowest BCUT2D eigenvalue weighted by atomic mass is 9.67. The van der Waals surface area contributed by atoms with Crippen molar-refractivity contribution in [3.05, 3.63) is 64.2 Å². The van der Waals surface area contributed by atoms with Crippen LogP contribution in [-0.2, 0) is 32.1 Å². The van der Waals surface area contributed by atoms with Crippen LogP contribution in [0.3, 0.4) is 0 Å². The number of rotatable bonds is 4. The van der Waals surface area contributed by atoms with E-state index in [4.69, 9.17) is 11.6 Å². The third-order valence-corrected chi connectivity index (χ3v) is 10.9. The van der Waals surface area contributed by atoms with Gasteiger partial charge in [-0.2, -0.15) is 13.2 Å². The van der Waals surface area contributed by atoms with Gasteiger partial charge in [0, 0.05) is 41.8 Å². The van der Waals surface area contributed by atoms with E-state index in [0.717, 1.165) is 11.6 Å². The van der Waals surface area contributed by atoms with Crippen LogP contribution in [0.4, 0.5) is 23.2 Å². The lowest BCUT2D eigenvalue weighted by Gasteiger charge is -2.48. The van der Waals surface area contributed by atoms with Crippen molar-refractivity contribution >= 4 is 33.0 Å². The first kappa shape index (κ1) is 29.1. The Labute approximate surface area is 235 Å². The Kier molecular flexibility index (Phi) is 6.99. The molecule has 5 rings (SSSR count). The highest BCUT2D eigenvalue weighted by Crippen LogP contribution is 2.52. The van der Waals surface area contributed by atoms with Gasteiger partial charge in [0.05, 0.1) is 17.5 Å². The normalized spacial score (nSPS) is 27.1. The molecule has 3 aliphatic heterocycles. The summed E-state index contributed by atoms with van der Waals surface area (Å²) in [5.74, 6) is -1.10. The first-order valence-corrected chi connectivity index (χ1v) is 15.3. The third-order valence-electron chi connectivity index (χ3n) is 9.02. The Morgan fingerprint density at radius 2 is 1.70 bits per heavy atom. The summed E-state index contributed by atoms with van der Waals surface area (Å²) in [6.07, 6.45) is -4.60. The van der Waals surface area contributed by atoms with E-state index in [-0.39, 0.29) is 37.4 Å². The predicted molar refractivity (Wildman–Crippen MR) is 144 cm³/mol. The highest BCUT2D eigenvalue weighted by molar-refractivity contribution is 7.91. The van der Waals surface area contributed by atoms with E-state index in [9.17, 15) is 35.9 Å². The Hall–Kier alpha value is -2.37. The van der Waals surface area contributed by atoms with E-state index in [0.29, 0.717) is 36.0 Å². The molecule has 1 amide bonds. The summed E-state index contributed by atoms with van der Waals surface area (Å²) < 4.78 is 79.6. The number of carbonyl (C=O) groups excluding carboxylic acids is 1. The molecule has 3 unspecified atom stereocenters. The molecule has 218 valence electrons. The number of nitrogens with zero attached hydrogens (tertiary/aromatic N) is 2. The molecule has 0 aliphatic carbocycles. The average molecular weight is 603 g/mol. The fraction of sp³-hybridized carbons (Fsp3) is 0.536. The maximum atomic E-state index is 15.0. The Morgan fingerprint density at radius 3 is 2.30 bits per heavy atom. The van der Waals surface area contributed by atoms with E-state index < -0.39 is 50.2 Å². The van der Waals surface area contributed by atoms with E-state index >= 15 is 0 Å². The van der Waals surface area contributed by atoms with Gasteiger partial charge in [-0.1, -0.05) is 35.9 Å². The number of aliphatic hydroxyl groups is 1. The molecular weight excluding hydrogens is 572 g/mol. The predicted octanol–water partition coefficient (Wildman–Crippen LogP) is 4.56. The highest BCUT2D eigenvalue weighted by Gasteiger charge is 2.58. The lowest BCUT2D eigenvalue weighted by Crippen LogP contribution is -2.60. The molecule has 3 atom stereocenters. The number of likely N-dealkylation sites (N-methyl/N-ethyl adjacent to an activating group) is 1. The van der Waals surface area contributed by atoms with Gasteiger partial charge in [0.2, 0.25) is 5.67 Å². The topological polar surface area (TPSA) is 77.9 Å². The number of alkyl halides is 4. The van der Waals surface area contributed by atoms with Crippen molar-refractivity contribution in [2.24, 2.45) is 0 Å². The van der Waals surface area contributed by atoms with Crippen molar-refractivity contribution in [3.8, 4) is 0 Å². The number of carbonyl (C=O) groups is 1. The second-order valence-corrected chi connectivity index (χ2v) is 14.3. The molecule has 2 fully saturated rings. The van der Waals surface area contributed by atoms with Gasteiger partial charge < -0.3 is 14.9 Å². The maximum Gasteiger partial charge on any atom is 0.426 e. The Balaban J connectivity index is 1.58. The minimum absolute atomic E-state index is 0.191. The van der Waals surface area contributed by atoms with Crippen LogP contribution < -0.4 is 4.90 Å². The minimum Gasteiger partial charge on any atom is -0.380 e. The number of fused-ring (bicyclic) bond motifs is 3. The molecule has 0 aromatic heterocycles. The first-order valence-electron chi connectivity index (χ1n) is 13.1. The van der Waals surface area contributed by atoms with Crippen molar-refractivity contribution in [1.82, 2.24) is 4.90 Å². The number of halogens is 5. The number of hydrogen-bond acceptors (Lipinski definition) is 5. The smallest absolute Gasteiger partial charge is 0.380 e. The van der Waals surface area contributed by atoms with Gasteiger partial charge in [-0.05, 0) is 61.9 Å². The molecular formula is C28H31ClF4N2O4S. The fourth-order valence-electron chi connectivity index (χ4n) is 6.48. The van der Waals surface area contributed by atoms with Crippen LogP contribution in [0.25, 0.3) is 0 Å². The van der Waals surface area contributed by atoms with Gasteiger partial charge in [-0.3, -0.25) is 4.79 Å². The number of hydrogen-bond donors (Lipinski definition) is 1. The molecule has 2 aromatic carbocycles. The largest absolute Gasteiger partial charge is 0.426 e. The molecule has 2 saturated heterocycles. The van der Waals surface area contributed by atoms with Crippen molar-refractivity contribution in [2.45, 2.75) is 61.5 Å². The van der Waals surface area contributed by atoms with Gasteiger partial charge in [-0.25, -0.2) is 12.8 Å². The zero-order valence-corrected chi connectivity index (χ0v) is 23.7. The average Bonchev–Trinajstić information content (AvgIpc) is 3.25. The van der Waals surface area contributed by atoms with Gasteiger partial charge in [0.15, 0.2) is 9.84 Å². The second kappa shape index (κ2) is 9.59. The second-order valence-electron chi connectivity index (χ2n) is 11.5. The van der Waals surface area contributed by atoms with Crippen LogP contribution in [0.15, 0.2) is 42.5 Å². The van der Waals surface area contributed by atoms with Gasteiger partial charge in [0.25, 0.3) is 5.91 Å². The van der Waals surface area contributed by atoms with Crippen molar-refractivity contribution in [3.63, 3.8) is 0 Å². The summed E-state index contributed by atoms with van der Waals surface area (Å²) in [5.41, 5.74) is -4.57. The zero-order chi connectivity index (χ0) is 29.3. The van der Waals surface area contributed by atoms with Gasteiger partial charge in [-0.15, -0.1) is 0 Å². The van der Waals surface area contributed by atoms with Crippen LogP contribution >= 0.6 is 11.6 Å². The summed E-state index contributed by atoms with van der Waals surface area (Å²) in [6, 6.07) is 10.6. The first-order chi connectivity index (χ1) is 18.5. The molecule has 1 N–H and O–H groups in total. The molecule has 0 saturated carbocycles. The molecule has 0 spiro atoms. The van der Waals surface area contributed by atoms with Crippen LogP contribution in [0.2, 0.25) is 5.02 Å². The minimum atomic E-state index is -5.10. The third kappa shape index (κ3) is 4.77. The number of likely N-dealkylation sites (tertiary alicyclic amines) is 1. The van der Waals surface area contributed by atoms with Crippen molar-refractivity contribution in [2.75, 3.05) is 36.5 Å². The van der Waals surface area contributed by atoms with Gasteiger partial charge >= 0.3 is 6.18 Å².